The number of β-lactam (4-membered cyclic amide) rings is 1. The van der Waals surface area contributed by atoms with E-state index in [2.05, 4.69) is 21.3 Å². The van der Waals surface area contributed by atoms with E-state index in [-0.39, 0.29) is 110 Å². The third-order valence-corrected chi connectivity index (χ3v) is 13.2. The summed E-state index contributed by atoms with van der Waals surface area (Å²) in [7, 11) is 1.62. The van der Waals surface area contributed by atoms with Gasteiger partial charge < -0.3 is 56.6 Å². The summed E-state index contributed by atoms with van der Waals surface area (Å²) in [5.74, 6) is -7.84. The van der Waals surface area contributed by atoms with Crippen molar-refractivity contribution >= 4 is 64.7 Å². The Kier molecular flexibility index (Phi) is 21.6. The number of hydrogen-bond donors (Lipinski definition) is 9. The van der Waals surface area contributed by atoms with Crippen molar-refractivity contribution in [1.29, 1.82) is 0 Å². The van der Waals surface area contributed by atoms with E-state index in [1.165, 1.54) is 41.3 Å². The highest BCUT2D eigenvalue weighted by molar-refractivity contribution is 6.32. The van der Waals surface area contributed by atoms with Crippen LogP contribution in [-0.4, -0.2) is 152 Å². The lowest BCUT2D eigenvalue weighted by molar-refractivity contribution is -0.156. The molecule has 3 aromatic carbocycles. The number of para-hydroxylation sites is 2. The van der Waals surface area contributed by atoms with Crippen molar-refractivity contribution in [3.05, 3.63) is 94.1 Å². The van der Waals surface area contributed by atoms with Gasteiger partial charge in [-0.2, -0.15) is 0 Å². The molecule has 2 heterocycles. The van der Waals surface area contributed by atoms with Crippen molar-refractivity contribution in [3.63, 3.8) is 0 Å². The third kappa shape index (κ3) is 15.9. The number of amides is 7. The molecule has 7 amide bonds. The molecule has 1 fully saturated rings. The smallest absolute Gasteiger partial charge is 0.353 e. The third-order valence-electron chi connectivity index (χ3n) is 12.8. The van der Waals surface area contributed by atoms with E-state index in [4.69, 9.17) is 11.6 Å². The molecule has 0 spiro atoms. The molecule has 2 aliphatic heterocycles. The highest BCUT2D eigenvalue weighted by atomic mass is 35.5. The van der Waals surface area contributed by atoms with Crippen molar-refractivity contribution in [2.24, 2.45) is 0 Å². The number of nitrogens with zero attached hydrogens (tertiary/aromatic N) is 3. The number of allylic oxidation sites excluding steroid dienone is 1. The van der Waals surface area contributed by atoms with E-state index >= 15 is 0 Å². The molecule has 3 aromatic rings. The fourth-order valence-electron chi connectivity index (χ4n) is 8.64. The Morgan fingerprint density at radius 3 is 1.88 bits per heavy atom. The number of ketones is 1. The first kappa shape index (κ1) is 57.2. The number of nitrogens with one attached hydrogen (secondary N) is 4. The number of carbonyl (C=O) groups is 9. The fraction of sp³-hybridized carbons (Fsp3) is 0.442. The molecule has 0 aromatic heterocycles. The monoisotopic (exact) mass is 1050 g/mol. The summed E-state index contributed by atoms with van der Waals surface area (Å²) in [6.45, 7) is 1.56. The molecule has 21 nitrogen and oxygen atoms in total. The lowest BCUT2D eigenvalue weighted by Crippen LogP contribution is -2.71. The minimum Gasteiger partial charge on any atom is -0.504 e. The molecular formula is C52H64ClN7O14. The summed E-state index contributed by atoms with van der Waals surface area (Å²) in [6.07, 6.45) is 3.12. The minimum atomic E-state index is -1.33. The highest BCUT2D eigenvalue weighted by Gasteiger charge is 2.53. The first-order valence-corrected chi connectivity index (χ1v) is 25.0. The number of aliphatic carboxylic acids is 1. The first-order chi connectivity index (χ1) is 35.4. The van der Waals surface area contributed by atoms with Gasteiger partial charge in [-0.1, -0.05) is 54.1 Å². The molecule has 9 N–H and O–H groups in total. The molecule has 3 atom stereocenters. The van der Waals surface area contributed by atoms with E-state index < -0.39 is 70.6 Å². The summed E-state index contributed by atoms with van der Waals surface area (Å²) < 4.78 is 0. The van der Waals surface area contributed by atoms with Crippen LogP contribution in [0.3, 0.4) is 0 Å². The maximum atomic E-state index is 13.6. The predicted octanol–water partition coefficient (Wildman–Crippen LogP) is 3.74. The van der Waals surface area contributed by atoms with Crippen LogP contribution in [0.1, 0.15) is 116 Å². The average Bonchev–Trinajstić information content (AvgIpc) is 3.38. The van der Waals surface area contributed by atoms with Gasteiger partial charge in [0, 0.05) is 83.5 Å². The van der Waals surface area contributed by atoms with Crippen molar-refractivity contribution in [2.45, 2.75) is 101 Å². The maximum Gasteiger partial charge on any atom is 0.353 e. The second-order valence-electron chi connectivity index (χ2n) is 18.1. The van der Waals surface area contributed by atoms with Crippen molar-refractivity contribution in [2.75, 3.05) is 46.3 Å². The zero-order valence-corrected chi connectivity index (χ0v) is 41.9. The average molecular weight is 1050 g/mol. The van der Waals surface area contributed by atoms with Gasteiger partial charge in [0.05, 0.1) is 23.1 Å². The van der Waals surface area contributed by atoms with Gasteiger partial charge in [0.15, 0.2) is 23.0 Å². The van der Waals surface area contributed by atoms with Crippen molar-refractivity contribution in [1.82, 2.24) is 36.0 Å². The van der Waals surface area contributed by atoms with Gasteiger partial charge in [-0.05, 0) is 81.2 Å². The number of hydrogen-bond acceptors (Lipinski definition) is 13. The SMILES string of the molecule is CN(CCCCCNC(=O)CCC(=O)N(CCCCNC(=O)c1cccc(O)c1O)CCCNC(=O)c1cccc(O)c1O)C(=O)CCC(=O)C[C@@H](C(=O)N[C@@H]1C(=O)N2C(C(=O)O)=C(Cl)CCC12)c1ccccc1. The van der Waals surface area contributed by atoms with Crippen LogP contribution in [0.25, 0.3) is 0 Å². The molecule has 0 saturated carbocycles. The Bertz CT molecular complexity index is 2580. The minimum absolute atomic E-state index is 0.0633. The summed E-state index contributed by atoms with van der Waals surface area (Å²) >= 11 is 6.09. The Morgan fingerprint density at radius 1 is 0.676 bits per heavy atom. The number of fused-ring (bicyclic) bond motifs is 1. The first-order valence-electron chi connectivity index (χ1n) is 24.6. The zero-order chi connectivity index (χ0) is 53.9. The molecule has 74 heavy (non-hydrogen) atoms. The van der Waals surface area contributed by atoms with Crippen LogP contribution >= 0.6 is 11.6 Å². The summed E-state index contributed by atoms with van der Waals surface area (Å²) in [5, 5.41) is 60.0. The van der Waals surface area contributed by atoms with Crippen molar-refractivity contribution in [3.8, 4) is 23.0 Å². The highest BCUT2D eigenvalue weighted by Crippen LogP contribution is 2.38. The van der Waals surface area contributed by atoms with E-state index in [1.807, 2.05) is 0 Å². The van der Waals surface area contributed by atoms with E-state index in [1.54, 1.807) is 42.3 Å². The summed E-state index contributed by atoms with van der Waals surface area (Å²) in [6, 6.07) is 15.1. The number of Topliss-reactive ketones (excluding diaryl/α,β-unsaturated/α-hetero) is 1. The second kappa shape index (κ2) is 28.0. The molecule has 0 aliphatic carbocycles. The van der Waals surface area contributed by atoms with E-state index in [0.29, 0.717) is 63.6 Å². The van der Waals surface area contributed by atoms with E-state index in [0.717, 1.165) is 4.90 Å². The van der Waals surface area contributed by atoms with Gasteiger partial charge in [-0.25, -0.2) is 4.79 Å². The topological polar surface area (TPSA) is 313 Å². The van der Waals surface area contributed by atoms with Crippen LogP contribution in [0.5, 0.6) is 23.0 Å². The number of phenols is 4. The van der Waals surface area contributed by atoms with Gasteiger partial charge in [0.2, 0.25) is 23.6 Å². The lowest BCUT2D eigenvalue weighted by Gasteiger charge is -2.49. The lowest BCUT2D eigenvalue weighted by atomic mass is 9.85. The maximum absolute atomic E-state index is 13.6. The molecule has 398 valence electrons. The predicted molar refractivity (Wildman–Crippen MR) is 269 cm³/mol. The number of phenolic OH excluding ortho intramolecular Hbond substituents is 4. The summed E-state index contributed by atoms with van der Waals surface area (Å²) in [5.41, 5.74) is 0.0504. The Balaban J connectivity index is 0.989. The van der Waals surface area contributed by atoms with Crippen LogP contribution in [0, 0.1) is 0 Å². The Hall–Kier alpha value is -7.68. The number of carbonyl (C=O) groups excluding carboxylic acids is 8. The largest absolute Gasteiger partial charge is 0.504 e. The molecule has 22 heteroatoms. The quantitative estimate of drug-likeness (QED) is 0.0272. The van der Waals surface area contributed by atoms with E-state index in [9.17, 15) is 68.7 Å². The van der Waals surface area contributed by atoms with Crippen LogP contribution < -0.4 is 21.3 Å². The Labute approximate surface area is 432 Å². The molecule has 1 saturated heterocycles. The Morgan fingerprint density at radius 2 is 1.24 bits per heavy atom. The molecule has 0 bridgehead atoms. The van der Waals surface area contributed by atoms with Crippen molar-refractivity contribution < 1.29 is 68.7 Å². The molecule has 5 rings (SSSR count). The number of carboxylic acid groups (broad SMARTS) is 1. The van der Waals surface area contributed by atoms with Gasteiger partial charge in [-0.15, -0.1) is 0 Å². The molecule has 1 unspecified atom stereocenters. The number of benzene rings is 3. The number of aromatic hydroxyl groups is 4. The molecular weight excluding hydrogens is 982 g/mol. The normalized spacial score (nSPS) is 15.2. The van der Waals surface area contributed by atoms with Gasteiger partial charge in [0.25, 0.3) is 17.7 Å². The fourth-order valence-corrected chi connectivity index (χ4v) is 8.92. The zero-order valence-electron chi connectivity index (χ0n) is 41.1. The van der Waals surface area contributed by atoms with Crippen LogP contribution in [-0.2, 0) is 33.6 Å². The van der Waals surface area contributed by atoms with Crippen LogP contribution in [0.2, 0.25) is 0 Å². The van der Waals surface area contributed by atoms with Crippen LogP contribution in [0.4, 0.5) is 0 Å². The second-order valence-corrected chi connectivity index (χ2v) is 18.5. The van der Waals surface area contributed by atoms with Crippen LogP contribution in [0.15, 0.2) is 77.5 Å². The number of rotatable bonds is 29. The van der Waals surface area contributed by atoms with Gasteiger partial charge in [0.1, 0.15) is 17.5 Å². The molecule has 2 aliphatic rings. The number of carboxylic acids is 1. The standard InChI is InChI=1S/C52H64ClN7O14/c1-58(42(65)23-19-33(61)31-36(32-13-4-2-5-14-32)50(71)57-44-38-21-20-37(53)45(52(73)74)60(38)51(44)72)28-8-3-6-25-54-41(64)22-24-43(66)59(30-12-27-56-49(70)35-16-11-18-40(63)47(35)68)29-9-7-26-55-48(69)34-15-10-17-39(62)46(34)67/h2,4-5,10-11,13-18,36,38,44,62-63,67-68H,3,6-9,12,19-31H2,1H3,(H,54,64)(H,55,69)(H,56,70)(H,57,71)(H,73,74)/t36-,38?,44+/m1/s1. The molecule has 0 radical (unpaired) electrons. The number of unbranched alkanes of at least 4 members (excludes halogenated alkanes) is 3. The van der Waals surface area contributed by atoms with Gasteiger partial charge >= 0.3 is 5.97 Å². The van der Waals surface area contributed by atoms with Gasteiger partial charge in [-0.3, -0.25) is 43.3 Å². The number of halogens is 1. The summed E-state index contributed by atoms with van der Waals surface area (Å²) in [4.78, 5) is 120.